The number of carbonyl (C=O) groups is 1. The molecule has 0 bridgehead atoms. The van der Waals surface area contributed by atoms with Gasteiger partial charge in [0.15, 0.2) is 9.84 Å². The van der Waals surface area contributed by atoms with E-state index in [0.717, 1.165) is 6.54 Å². The first-order chi connectivity index (χ1) is 12.0. The third-order valence-electron chi connectivity index (χ3n) is 3.87. The van der Waals surface area contributed by atoms with Gasteiger partial charge in [-0.25, -0.2) is 8.42 Å². The number of hydrogen-bond acceptors (Lipinski definition) is 5. The van der Waals surface area contributed by atoms with Crippen LogP contribution in [0.2, 0.25) is 0 Å². The highest BCUT2D eigenvalue weighted by Crippen LogP contribution is 2.19. The highest BCUT2D eigenvalue weighted by atomic mass is 35.5. The molecule has 1 heterocycles. The fourth-order valence-electron chi connectivity index (χ4n) is 2.63. The Morgan fingerprint density at radius 3 is 2.62 bits per heavy atom. The number of sulfone groups is 1. The summed E-state index contributed by atoms with van der Waals surface area (Å²) in [5.41, 5.74) is 1.17. The predicted octanol–water partition coefficient (Wildman–Crippen LogP) is 2.01. The summed E-state index contributed by atoms with van der Waals surface area (Å²) in [7, 11) is -3.43. The lowest BCUT2D eigenvalue weighted by Crippen LogP contribution is -2.45. The van der Waals surface area contributed by atoms with Gasteiger partial charge in [0.2, 0.25) is 0 Å². The Hall–Kier alpha value is -1.93. The first-order valence-corrected chi connectivity index (χ1v) is 9.70. The fourth-order valence-corrected chi connectivity index (χ4v) is 3.98. The molecular weight excluding hydrogens is 376 g/mol. The molecule has 2 aromatic rings. The van der Waals surface area contributed by atoms with Gasteiger partial charge in [0.1, 0.15) is 6.10 Å². The van der Waals surface area contributed by atoms with E-state index in [1.54, 1.807) is 54.6 Å². The zero-order valence-electron chi connectivity index (χ0n) is 14.1. The molecule has 6 nitrogen and oxygen atoms in total. The number of benzene rings is 2. The number of morpholine rings is 1. The van der Waals surface area contributed by atoms with Crippen molar-refractivity contribution in [1.82, 2.24) is 5.32 Å². The topological polar surface area (TPSA) is 84.5 Å². The summed E-state index contributed by atoms with van der Waals surface area (Å²) in [5.74, 6) is -0.363. The van der Waals surface area contributed by atoms with E-state index < -0.39 is 15.9 Å². The van der Waals surface area contributed by atoms with E-state index in [-0.39, 0.29) is 29.0 Å². The van der Waals surface area contributed by atoms with Crippen LogP contribution in [-0.2, 0) is 25.1 Å². The fraction of sp³-hybridized carbons (Fsp3) is 0.278. The van der Waals surface area contributed by atoms with Crippen LogP contribution < -0.4 is 10.6 Å². The van der Waals surface area contributed by atoms with Crippen molar-refractivity contribution in [3.05, 3.63) is 60.2 Å². The molecule has 26 heavy (non-hydrogen) atoms. The Bertz CT molecular complexity index is 837. The van der Waals surface area contributed by atoms with Gasteiger partial charge in [-0.05, 0) is 29.8 Å². The Balaban J connectivity index is 0.00000243. The SMILES string of the molecule is Cl.O=C(Nc1cccc(CS(=O)(=O)c2ccccc2)c1)C1CNCCO1. The summed E-state index contributed by atoms with van der Waals surface area (Å²) in [4.78, 5) is 12.5. The predicted molar refractivity (Wildman–Crippen MR) is 102 cm³/mol. The van der Waals surface area contributed by atoms with Crippen molar-refractivity contribution in [2.45, 2.75) is 16.8 Å². The van der Waals surface area contributed by atoms with Gasteiger partial charge in [0.05, 0.1) is 17.3 Å². The van der Waals surface area contributed by atoms with Crippen LogP contribution in [0.15, 0.2) is 59.5 Å². The van der Waals surface area contributed by atoms with Crippen molar-refractivity contribution in [3.8, 4) is 0 Å². The third kappa shape index (κ3) is 5.28. The van der Waals surface area contributed by atoms with Gasteiger partial charge < -0.3 is 15.4 Å². The van der Waals surface area contributed by atoms with Crippen molar-refractivity contribution < 1.29 is 17.9 Å². The van der Waals surface area contributed by atoms with Gasteiger partial charge in [-0.1, -0.05) is 30.3 Å². The zero-order valence-corrected chi connectivity index (χ0v) is 15.7. The van der Waals surface area contributed by atoms with Gasteiger partial charge in [-0.15, -0.1) is 12.4 Å². The maximum absolute atomic E-state index is 12.5. The van der Waals surface area contributed by atoms with Crippen molar-refractivity contribution in [2.75, 3.05) is 25.0 Å². The van der Waals surface area contributed by atoms with Crippen LogP contribution in [0.1, 0.15) is 5.56 Å². The summed E-state index contributed by atoms with van der Waals surface area (Å²) in [6, 6.07) is 15.2. The first kappa shape index (κ1) is 20.4. The van der Waals surface area contributed by atoms with Gasteiger partial charge in [-0.3, -0.25) is 4.79 Å². The van der Waals surface area contributed by atoms with E-state index in [1.165, 1.54) is 0 Å². The van der Waals surface area contributed by atoms with Crippen LogP contribution in [0.4, 0.5) is 5.69 Å². The summed E-state index contributed by atoms with van der Waals surface area (Å²) in [6.45, 7) is 1.69. The van der Waals surface area contributed by atoms with E-state index in [1.807, 2.05) is 0 Å². The summed E-state index contributed by atoms with van der Waals surface area (Å²) >= 11 is 0. The molecule has 1 aliphatic rings. The van der Waals surface area contributed by atoms with Gasteiger partial charge >= 0.3 is 0 Å². The van der Waals surface area contributed by atoms with Crippen molar-refractivity contribution in [2.24, 2.45) is 0 Å². The van der Waals surface area contributed by atoms with E-state index >= 15 is 0 Å². The molecule has 3 rings (SSSR count). The molecule has 1 aliphatic heterocycles. The van der Waals surface area contributed by atoms with Crippen LogP contribution in [-0.4, -0.2) is 40.1 Å². The van der Waals surface area contributed by atoms with Crippen LogP contribution in [0.25, 0.3) is 0 Å². The molecule has 2 N–H and O–H groups in total. The maximum atomic E-state index is 12.5. The molecule has 2 aromatic carbocycles. The average Bonchev–Trinajstić information content (AvgIpc) is 2.63. The summed E-state index contributed by atoms with van der Waals surface area (Å²) in [5, 5.41) is 5.88. The number of carbonyl (C=O) groups excluding carboxylic acids is 1. The Labute approximate surface area is 159 Å². The quantitative estimate of drug-likeness (QED) is 0.807. The largest absolute Gasteiger partial charge is 0.366 e. The second kappa shape index (κ2) is 9.14. The molecule has 1 fully saturated rings. The Morgan fingerprint density at radius 1 is 1.15 bits per heavy atom. The molecule has 0 aromatic heterocycles. The standard InChI is InChI=1S/C18H20N2O4S.ClH/c21-18(17-12-19-9-10-24-17)20-15-6-4-5-14(11-15)13-25(22,23)16-7-2-1-3-8-16;/h1-8,11,17,19H,9-10,12-13H2,(H,20,21);1H. The minimum absolute atomic E-state index is 0. The van der Waals surface area contributed by atoms with Gasteiger partial charge in [0.25, 0.3) is 5.91 Å². The summed E-state index contributed by atoms with van der Waals surface area (Å²) in [6.07, 6.45) is -0.537. The van der Waals surface area contributed by atoms with Crippen molar-refractivity contribution >= 4 is 33.8 Å². The lowest BCUT2D eigenvalue weighted by atomic mass is 10.2. The van der Waals surface area contributed by atoms with E-state index in [9.17, 15) is 13.2 Å². The number of nitrogens with one attached hydrogen (secondary N) is 2. The molecule has 1 saturated heterocycles. The molecule has 0 radical (unpaired) electrons. The average molecular weight is 397 g/mol. The molecule has 1 unspecified atom stereocenters. The molecular formula is C18H21ClN2O4S. The zero-order chi connectivity index (χ0) is 17.7. The number of hydrogen-bond donors (Lipinski definition) is 2. The molecule has 1 atom stereocenters. The normalized spacial score (nSPS) is 17.2. The molecule has 0 spiro atoms. The number of anilines is 1. The van der Waals surface area contributed by atoms with Gasteiger partial charge in [-0.2, -0.15) is 0 Å². The van der Waals surface area contributed by atoms with E-state index in [2.05, 4.69) is 10.6 Å². The van der Waals surface area contributed by atoms with Crippen LogP contribution in [0, 0.1) is 0 Å². The minimum atomic E-state index is -3.43. The van der Waals surface area contributed by atoms with Crippen LogP contribution in [0.5, 0.6) is 0 Å². The lowest BCUT2D eigenvalue weighted by molar-refractivity contribution is -0.128. The van der Waals surface area contributed by atoms with E-state index in [0.29, 0.717) is 24.4 Å². The Morgan fingerprint density at radius 2 is 1.92 bits per heavy atom. The number of halogens is 1. The highest BCUT2D eigenvalue weighted by Gasteiger charge is 2.22. The second-order valence-corrected chi connectivity index (χ2v) is 7.81. The molecule has 140 valence electrons. The molecule has 8 heteroatoms. The molecule has 1 amide bonds. The molecule has 0 saturated carbocycles. The highest BCUT2D eigenvalue weighted by molar-refractivity contribution is 7.90. The summed E-state index contributed by atoms with van der Waals surface area (Å²) < 4.78 is 30.3. The Kier molecular flexibility index (Phi) is 7.16. The number of rotatable bonds is 5. The van der Waals surface area contributed by atoms with Gasteiger partial charge in [0, 0.05) is 18.8 Å². The number of amides is 1. The third-order valence-corrected chi connectivity index (χ3v) is 5.58. The number of ether oxygens (including phenoxy) is 1. The lowest BCUT2D eigenvalue weighted by Gasteiger charge is -2.22. The first-order valence-electron chi connectivity index (χ1n) is 8.04. The monoisotopic (exact) mass is 396 g/mol. The second-order valence-electron chi connectivity index (χ2n) is 5.83. The smallest absolute Gasteiger partial charge is 0.254 e. The van der Waals surface area contributed by atoms with Crippen LogP contribution in [0.3, 0.4) is 0 Å². The van der Waals surface area contributed by atoms with Crippen LogP contribution >= 0.6 is 12.4 Å². The van der Waals surface area contributed by atoms with E-state index in [4.69, 9.17) is 4.74 Å². The maximum Gasteiger partial charge on any atom is 0.254 e. The van der Waals surface area contributed by atoms with Crippen molar-refractivity contribution in [3.63, 3.8) is 0 Å². The minimum Gasteiger partial charge on any atom is -0.366 e. The van der Waals surface area contributed by atoms with Crippen molar-refractivity contribution in [1.29, 1.82) is 0 Å². The molecule has 0 aliphatic carbocycles.